The van der Waals surface area contributed by atoms with Crippen LogP contribution >= 0.6 is 0 Å². The van der Waals surface area contributed by atoms with E-state index < -0.39 is 0 Å². The van der Waals surface area contributed by atoms with Crippen molar-refractivity contribution in [1.82, 2.24) is 23.8 Å². The fourth-order valence-corrected chi connectivity index (χ4v) is 4.11. The summed E-state index contributed by atoms with van der Waals surface area (Å²) in [5.74, 6) is 1.72. The van der Waals surface area contributed by atoms with Gasteiger partial charge in [0.2, 0.25) is 5.91 Å². The van der Waals surface area contributed by atoms with Crippen LogP contribution in [-0.2, 0) is 17.8 Å². The average molecular weight is 380 g/mol. The number of fused-ring (bicyclic) bond motifs is 1. The number of carbonyl (C=O) groups is 1. The van der Waals surface area contributed by atoms with E-state index in [1.807, 2.05) is 46.1 Å². The Morgan fingerprint density at radius 1 is 1.29 bits per heavy atom. The zero-order valence-electron chi connectivity index (χ0n) is 16.6. The number of pyridine rings is 1. The summed E-state index contributed by atoms with van der Waals surface area (Å²) in [6.07, 6.45) is 13.7. The molecular weight excluding hydrogens is 350 g/mol. The van der Waals surface area contributed by atoms with Gasteiger partial charge in [-0.15, -0.1) is 0 Å². The van der Waals surface area contributed by atoms with Gasteiger partial charge in [-0.1, -0.05) is 19.4 Å². The molecular formula is C22H29N5O. The number of likely N-dealkylation sites (tertiary alicyclic amines) is 1. The molecule has 0 aliphatic carbocycles. The van der Waals surface area contributed by atoms with E-state index in [-0.39, 0.29) is 5.91 Å². The Kier molecular flexibility index (Phi) is 5.74. The van der Waals surface area contributed by atoms with Gasteiger partial charge in [-0.25, -0.2) is 9.97 Å². The fraction of sp³-hybridized carbons (Fsp3) is 0.500. The van der Waals surface area contributed by atoms with Crippen LogP contribution in [0.4, 0.5) is 0 Å². The van der Waals surface area contributed by atoms with E-state index in [9.17, 15) is 4.79 Å². The van der Waals surface area contributed by atoms with Gasteiger partial charge < -0.3 is 13.9 Å². The largest absolute Gasteiger partial charge is 0.342 e. The number of aryl methyl sites for hydroxylation is 2. The summed E-state index contributed by atoms with van der Waals surface area (Å²) in [7, 11) is 0. The minimum Gasteiger partial charge on any atom is -0.342 e. The van der Waals surface area contributed by atoms with Crippen molar-refractivity contribution in [3.63, 3.8) is 0 Å². The lowest BCUT2D eigenvalue weighted by Gasteiger charge is -2.32. The highest BCUT2D eigenvalue weighted by Gasteiger charge is 2.27. The van der Waals surface area contributed by atoms with Gasteiger partial charge in [0.15, 0.2) is 0 Å². The highest BCUT2D eigenvalue weighted by atomic mass is 16.2. The molecule has 4 heterocycles. The summed E-state index contributed by atoms with van der Waals surface area (Å²) in [6, 6.07) is 5.96. The summed E-state index contributed by atoms with van der Waals surface area (Å²) in [6.45, 7) is 4.87. The highest BCUT2D eigenvalue weighted by Crippen LogP contribution is 2.26. The van der Waals surface area contributed by atoms with E-state index in [0.717, 1.165) is 56.1 Å². The number of hydrogen-bond acceptors (Lipinski definition) is 3. The third-order valence-corrected chi connectivity index (χ3v) is 5.65. The second kappa shape index (κ2) is 8.59. The van der Waals surface area contributed by atoms with Crippen molar-refractivity contribution in [2.45, 2.75) is 57.9 Å². The maximum Gasteiger partial charge on any atom is 0.222 e. The molecule has 1 aliphatic rings. The molecule has 3 aromatic rings. The zero-order chi connectivity index (χ0) is 19.3. The van der Waals surface area contributed by atoms with Gasteiger partial charge in [-0.2, -0.15) is 0 Å². The van der Waals surface area contributed by atoms with Gasteiger partial charge in [-0.05, 0) is 37.8 Å². The highest BCUT2D eigenvalue weighted by molar-refractivity contribution is 5.76. The normalized spacial score (nSPS) is 17.3. The Bertz CT molecular complexity index is 895. The fourth-order valence-electron chi connectivity index (χ4n) is 4.11. The van der Waals surface area contributed by atoms with Crippen LogP contribution in [0.1, 0.15) is 56.5 Å². The van der Waals surface area contributed by atoms with Crippen molar-refractivity contribution in [3.05, 3.63) is 54.5 Å². The van der Waals surface area contributed by atoms with Gasteiger partial charge >= 0.3 is 0 Å². The Morgan fingerprint density at radius 3 is 3.07 bits per heavy atom. The first-order chi connectivity index (χ1) is 13.7. The average Bonchev–Trinajstić information content (AvgIpc) is 3.37. The van der Waals surface area contributed by atoms with Crippen LogP contribution in [-0.4, -0.2) is 42.8 Å². The van der Waals surface area contributed by atoms with Crippen LogP contribution in [0.15, 0.2) is 43.0 Å². The van der Waals surface area contributed by atoms with Gasteiger partial charge in [0.25, 0.3) is 0 Å². The lowest BCUT2D eigenvalue weighted by molar-refractivity contribution is -0.132. The van der Waals surface area contributed by atoms with Crippen LogP contribution in [0.2, 0.25) is 0 Å². The molecule has 1 saturated heterocycles. The number of nitrogens with zero attached hydrogens (tertiary/aromatic N) is 5. The molecule has 3 aromatic heterocycles. The molecule has 1 fully saturated rings. The lowest BCUT2D eigenvalue weighted by atomic mass is 9.96. The van der Waals surface area contributed by atoms with Crippen molar-refractivity contribution >= 4 is 11.6 Å². The van der Waals surface area contributed by atoms with Gasteiger partial charge in [0.05, 0.1) is 5.69 Å². The van der Waals surface area contributed by atoms with Gasteiger partial charge in [0, 0.05) is 56.8 Å². The quantitative estimate of drug-likeness (QED) is 0.629. The molecule has 4 rings (SSSR count). The molecule has 0 radical (unpaired) electrons. The third kappa shape index (κ3) is 4.11. The van der Waals surface area contributed by atoms with Gasteiger partial charge in [0.1, 0.15) is 11.5 Å². The number of hydrogen-bond donors (Lipinski definition) is 0. The number of imidazole rings is 2. The molecule has 0 saturated carbocycles. The maximum atomic E-state index is 12.8. The van der Waals surface area contributed by atoms with Crippen molar-refractivity contribution in [3.8, 4) is 0 Å². The summed E-state index contributed by atoms with van der Waals surface area (Å²) in [5.41, 5.74) is 1.91. The first-order valence-corrected chi connectivity index (χ1v) is 10.5. The molecule has 1 atom stereocenters. The minimum atomic E-state index is 0.230. The van der Waals surface area contributed by atoms with Crippen molar-refractivity contribution < 1.29 is 4.79 Å². The van der Waals surface area contributed by atoms with Crippen molar-refractivity contribution in [2.24, 2.45) is 0 Å². The van der Waals surface area contributed by atoms with E-state index >= 15 is 0 Å². The van der Waals surface area contributed by atoms with Crippen LogP contribution in [0.5, 0.6) is 0 Å². The van der Waals surface area contributed by atoms with Crippen LogP contribution in [0.25, 0.3) is 5.65 Å². The number of unbranched alkanes of at least 4 members (excludes halogenated alkanes) is 1. The minimum absolute atomic E-state index is 0.230. The number of rotatable bonds is 7. The van der Waals surface area contributed by atoms with E-state index in [4.69, 9.17) is 0 Å². The maximum absolute atomic E-state index is 12.8. The molecule has 0 spiro atoms. The van der Waals surface area contributed by atoms with E-state index in [1.54, 1.807) is 0 Å². The number of carbonyl (C=O) groups excluding carboxylic acids is 1. The third-order valence-electron chi connectivity index (χ3n) is 5.65. The van der Waals surface area contributed by atoms with E-state index in [0.29, 0.717) is 18.8 Å². The predicted octanol–water partition coefficient (Wildman–Crippen LogP) is 3.67. The van der Waals surface area contributed by atoms with Crippen LogP contribution in [0, 0.1) is 0 Å². The Morgan fingerprint density at radius 2 is 2.21 bits per heavy atom. The monoisotopic (exact) mass is 379 g/mol. The van der Waals surface area contributed by atoms with E-state index in [1.165, 1.54) is 6.42 Å². The summed E-state index contributed by atoms with van der Waals surface area (Å²) < 4.78 is 4.28. The summed E-state index contributed by atoms with van der Waals surface area (Å²) >= 11 is 0. The molecule has 1 aliphatic heterocycles. The van der Waals surface area contributed by atoms with Crippen molar-refractivity contribution in [2.75, 3.05) is 13.1 Å². The molecule has 6 heteroatoms. The van der Waals surface area contributed by atoms with Crippen LogP contribution < -0.4 is 0 Å². The molecule has 0 bridgehead atoms. The summed E-state index contributed by atoms with van der Waals surface area (Å²) in [5, 5.41) is 0. The molecule has 1 amide bonds. The second-order valence-corrected chi connectivity index (χ2v) is 7.71. The number of aromatic nitrogens is 4. The predicted molar refractivity (Wildman–Crippen MR) is 109 cm³/mol. The van der Waals surface area contributed by atoms with Crippen molar-refractivity contribution in [1.29, 1.82) is 0 Å². The van der Waals surface area contributed by atoms with Crippen LogP contribution in [0.3, 0.4) is 0 Å². The van der Waals surface area contributed by atoms with E-state index in [2.05, 4.69) is 27.7 Å². The van der Waals surface area contributed by atoms with Gasteiger partial charge in [-0.3, -0.25) is 4.79 Å². The molecule has 0 N–H and O–H groups in total. The SMILES string of the molecule is CCCCn1ccnc1C1CCCN(C(=O)CCc2cn3ccccc3n2)C1. The first-order valence-electron chi connectivity index (χ1n) is 10.5. The zero-order valence-corrected chi connectivity index (χ0v) is 16.6. The topological polar surface area (TPSA) is 55.4 Å². The smallest absolute Gasteiger partial charge is 0.222 e. The Hall–Kier alpha value is -2.63. The molecule has 6 nitrogen and oxygen atoms in total. The molecule has 0 aromatic carbocycles. The second-order valence-electron chi connectivity index (χ2n) is 7.71. The first kappa shape index (κ1) is 18.7. The lowest BCUT2D eigenvalue weighted by Crippen LogP contribution is -2.39. The standard InChI is InChI=1S/C22H29N5O/c1-2-3-12-25-15-11-23-22(25)18-7-6-14-27(16-18)21(28)10-9-19-17-26-13-5-4-8-20(26)24-19/h4-5,8,11,13,15,17-18H,2-3,6-7,9-10,12,14,16H2,1H3. The molecule has 1 unspecified atom stereocenters. The molecule has 148 valence electrons. The number of amides is 1. The Labute approximate surface area is 166 Å². The Balaban J connectivity index is 1.36. The molecule has 28 heavy (non-hydrogen) atoms. The number of piperidine rings is 1. The summed E-state index contributed by atoms with van der Waals surface area (Å²) in [4.78, 5) is 24.1.